The summed E-state index contributed by atoms with van der Waals surface area (Å²) in [4.78, 5) is 19.7. The maximum atomic E-state index is 12.2. The van der Waals surface area contributed by atoms with Gasteiger partial charge in [-0.05, 0) is 48.2 Å². The van der Waals surface area contributed by atoms with E-state index in [1.807, 2.05) is 18.2 Å². The third kappa shape index (κ3) is 2.25. The molecule has 0 spiro atoms. The summed E-state index contributed by atoms with van der Waals surface area (Å²) in [5, 5.41) is 1.30. The van der Waals surface area contributed by atoms with Crippen molar-refractivity contribution >= 4 is 28.2 Å². The number of anilines is 1. The van der Waals surface area contributed by atoms with Crippen LogP contribution < -0.4 is 11.3 Å². The van der Waals surface area contributed by atoms with Crippen molar-refractivity contribution < 1.29 is 0 Å². The molecule has 5 heteroatoms. The Morgan fingerprint density at radius 2 is 2.05 bits per heavy atom. The van der Waals surface area contributed by atoms with E-state index in [4.69, 9.17) is 17.3 Å². The Kier molecular flexibility index (Phi) is 2.94. The van der Waals surface area contributed by atoms with E-state index < -0.39 is 0 Å². The minimum atomic E-state index is -0.114. The zero-order valence-corrected chi connectivity index (χ0v) is 12.5. The Labute approximate surface area is 132 Å². The van der Waals surface area contributed by atoms with Crippen LogP contribution in [0.3, 0.4) is 0 Å². The molecule has 22 heavy (non-hydrogen) atoms. The second kappa shape index (κ2) is 4.85. The average molecular weight is 312 g/mol. The highest BCUT2D eigenvalue weighted by atomic mass is 35.5. The molecule has 0 amide bonds. The monoisotopic (exact) mass is 311 g/mol. The molecule has 3 N–H and O–H groups in total. The predicted octanol–water partition coefficient (Wildman–Crippen LogP) is 3.43. The van der Waals surface area contributed by atoms with Crippen molar-refractivity contribution in [2.45, 2.75) is 18.3 Å². The van der Waals surface area contributed by atoms with E-state index in [9.17, 15) is 4.79 Å². The molecule has 0 saturated heterocycles. The molecule has 0 aliphatic heterocycles. The van der Waals surface area contributed by atoms with Gasteiger partial charge in [-0.25, -0.2) is 4.98 Å². The van der Waals surface area contributed by atoms with Gasteiger partial charge in [0.2, 0.25) is 0 Å². The lowest BCUT2D eigenvalue weighted by molar-refractivity contribution is 0.898. The van der Waals surface area contributed by atoms with Gasteiger partial charge in [0.05, 0.1) is 10.9 Å². The van der Waals surface area contributed by atoms with Gasteiger partial charge in [-0.15, -0.1) is 0 Å². The number of aromatic amines is 1. The molecule has 2 atom stereocenters. The minimum absolute atomic E-state index is 0.114. The summed E-state index contributed by atoms with van der Waals surface area (Å²) in [7, 11) is 0. The van der Waals surface area contributed by atoms with Gasteiger partial charge < -0.3 is 10.7 Å². The number of aromatic nitrogens is 2. The van der Waals surface area contributed by atoms with Crippen molar-refractivity contribution in [2.24, 2.45) is 0 Å². The number of fused-ring (bicyclic) bond motifs is 1. The Hall–Kier alpha value is -2.33. The number of rotatable bonds is 2. The molecule has 1 aromatic heterocycles. The number of hydrogen-bond acceptors (Lipinski definition) is 3. The Balaban J connectivity index is 1.72. The Morgan fingerprint density at radius 3 is 2.86 bits per heavy atom. The first kappa shape index (κ1) is 13.3. The smallest absolute Gasteiger partial charge is 0.258 e. The standard InChI is InChI=1S/C17H14ClN3O/c18-10-3-1-2-9(6-10)13-8-14(13)16-20-15-7-11(19)4-5-12(15)17(22)21-16/h1-7,13-14H,8,19H2,(H,20,21,22)/t13-,14+/m1/s1. The third-order valence-corrected chi connectivity index (χ3v) is 4.40. The SMILES string of the molecule is Nc1ccc2c(=O)[nH]c([C@H]3C[C@@H]3c3cccc(Cl)c3)nc2c1. The molecule has 0 radical (unpaired) electrons. The van der Waals surface area contributed by atoms with Gasteiger partial charge in [-0.3, -0.25) is 4.79 Å². The molecule has 3 aromatic rings. The number of nitrogens with zero attached hydrogens (tertiary/aromatic N) is 1. The van der Waals surface area contributed by atoms with Crippen LogP contribution in [0.4, 0.5) is 5.69 Å². The van der Waals surface area contributed by atoms with E-state index in [1.54, 1.807) is 18.2 Å². The fraction of sp³-hybridized carbons (Fsp3) is 0.176. The van der Waals surface area contributed by atoms with Gasteiger partial charge in [-0.2, -0.15) is 0 Å². The highest BCUT2D eigenvalue weighted by Gasteiger charge is 2.41. The van der Waals surface area contributed by atoms with Crippen LogP contribution in [0.15, 0.2) is 47.3 Å². The molecule has 1 fully saturated rings. The molecule has 1 saturated carbocycles. The van der Waals surface area contributed by atoms with Gasteiger partial charge >= 0.3 is 0 Å². The van der Waals surface area contributed by atoms with Crippen molar-refractivity contribution in [3.8, 4) is 0 Å². The van der Waals surface area contributed by atoms with Crippen molar-refractivity contribution in [1.29, 1.82) is 0 Å². The maximum absolute atomic E-state index is 12.2. The number of nitrogens with one attached hydrogen (secondary N) is 1. The lowest BCUT2D eigenvalue weighted by atomic mass is 10.1. The van der Waals surface area contributed by atoms with E-state index in [1.165, 1.54) is 5.56 Å². The zero-order chi connectivity index (χ0) is 15.3. The van der Waals surface area contributed by atoms with E-state index in [2.05, 4.69) is 16.0 Å². The first-order chi connectivity index (χ1) is 10.6. The van der Waals surface area contributed by atoms with Crippen molar-refractivity contribution in [1.82, 2.24) is 9.97 Å². The number of hydrogen-bond donors (Lipinski definition) is 2. The Bertz CT molecular complexity index is 935. The summed E-state index contributed by atoms with van der Waals surface area (Å²) < 4.78 is 0. The molecule has 0 bridgehead atoms. The number of halogens is 1. The Morgan fingerprint density at radius 1 is 1.18 bits per heavy atom. The van der Waals surface area contributed by atoms with Crippen molar-refractivity contribution in [3.05, 3.63) is 69.2 Å². The average Bonchev–Trinajstić information content (AvgIpc) is 3.27. The van der Waals surface area contributed by atoms with Crippen LogP contribution in [0, 0.1) is 0 Å². The molecule has 1 heterocycles. The number of nitrogens with two attached hydrogens (primary N) is 1. The summed E-state index contributed by atoms with van der Waals surface area (Å²) in [5.74, 6) is 1.32. The molecule has 4 rings (SSSR count). The van der Waals surface area contributed by atoms with Crippen LogP contribution in [-0.2, 0) is 0 Å². The summed E-state index contributed by atoms with van der Waals surface area (Å²) >= 11 is 6.04. The molecular formula is C17H14ClN3O. The fourth-order valence-corrected chi connectivity index (χ4v) is 3.15. The highest BCUT2D eigenvalue weighted by molar-refractivity contribution is 6.30. The summed E-state index contributed by atoms with van der Waals surface area (Å²) in [6, 6.07) is 13.0. The van der Waals surface area contributed by atoms with E-state index in [0.717, 1.165) is 17.3 Å². The summed E-state index contributed by atoms with van der Waals surface area (Å²) in [6.45, 7) is 0. The van der Waals surface area contributed by atoms with Crippen LogP contribution in [-0.4, -0.2) is 9.97 Å². The van der Waals surface area contributed by atoms with Gasteiger partial charge in [0.25, 0.3) is 5.56 Å². The minimum Gasteiger partial charge on any atom is -0.399 e. The first-order valence-corrected chi connectivity index (χ1v) is 7.54. The second-order valence-corrected chi connectivity index (χ2v) is 6.17. The van der Waals surface area contributed by atoms with Crippen molar-refractivity contribution in [3.63, 3.8) is 0 Å². The fourth-order valence-electron chi connectivity index (χ4n) is 2.95. The first-order valence-electron chi connectivity index (χ1n) is 7.17. The molecule has 1 aliphatic carbocycles. The maximum Gasteiger partial charge on any atom is 0.258 e. The van der Waals surface area contributed by atoms with Gasteiger partial charge in [0, 0.05) is 16.6 Å². The number of benzene rings is 2. The molecule has 2 aromatic carbocycles. The van der Waals surface area contributed by atoms with E-state index in [-0.39, 0.29) is 11.5 Å². The molecule has 0 unspecified atom stereocenters. The predicted molar refractivity (Wildman–Crippen MR) is 88.3 cm³/mol. The van der Waals surface area contributed by atoms with Gasteiger partial charge in [-0.1, -0.05) is 23.7 Å². The third-order valence-electron chi connectivity index (χ3n) is 4.17. The number of nitrogen functional groups attached to an aromatic ring is 1. The molecular weight excluding hydrogens is 298 g/mol. The molecule has 4 nitrogen and oxygen atoms in total. The summed E-state index contributed by atoms with van der Waals surface area (Å²) in [6.07, 6.45) is 0.969. The quantitative estimate of drug-likeness (QED) is 0.712. The molecule has 1 aliphatic rings. The van der Waals surface area contributed by atoms with Crippen LogP contribution >= 0.6 is 11.6 Å². The van der Waals surface area contributed by atoms with Gasteiger partial charge in [0.1, 0.15) is 5.82 Å². The highest BCUT2D eigenvalue weighted by Crippen LogP contribution is 2.53. The largest absolute Gasteiger partial charge is 0.399 e. The van der Waals surface area contributed by atoms with Crippen LogP contribution in [0.2, 0.25) is 5.02 Å². The zero-order valence-electron chi connectivity index (χ0n) is 11.7. The number of H-pyrrole nitrogens is 1. The lowest BCUT2D eigenvalue weighted by Crippen LogP contribution is -2.11. The van der Waals surface area contributed by atoms with Crippen LogP contribution in [0.5, 0.6) is 0 Å². The van der Waals surface area contributed by atoms with Crippen LogP contribution in [0.25, 0.3) is 10.9 Å². The van der Waals surface area contributed by atoms with Gasteiger partial charge in [0.15, 0.2) is 0 Å². The lowest BCUT2D eigenvalue weighted by Gasteiger charge is -2.04. The van der Waals surface area contributed by atoms with E-state index >= 15 is 0 Å². The second-order valence-electron chi connectivity index (χ2n) is 5.73. The van der Waals surface area contributed by atoms with Crippen molar-refractivity contribution in [2.75, 3.05) is 5.73 Å². The van der Waals surface area contributed by atoms with E-state index in [0.29, 0.717) is 22.5 Å². The topological polar surface area (TPSA) is 71.8 Å². The summed E-state index contributed by atoms with van der Waals surface area (Å²) in [5.41, 5.74) is 8.12. The van der Waals surface area contributed by atoms with Crippen LogP contribution in [0.1, 0.15) is 29.6 Å². The molecule has 110 valence electrons. The normalized spacial score (nSPS) is 20.2.